The zero-order chi connectivity index (χ0) is 29.7. The molecule has 0 aliphatic heterocycles. The molecule has 3 aromatic carbocycles. The maximum Gasteiger partial charge on any atom is 0.337 e. The Hall–Kier alpha value is -4.37. The van der Waals surface area contributed by atoms with Crippen molar-refractivity contribution in [2.24, 2.45) is 10.2 Å². The fraction of sp³-hybridized carbons (Fsp3) is 0.0476. The Morgan fingerprint density at radius 1 is 1.10 bits per heavy atom. The van der Waals surface area contributed by atoms with Crippen LogP contribution in [0.4, 0.5) is 29.0 Å². The van der Waals surface area contributed by atoms with E-state index < -0.39 is 26.7 Å². The summed E-state index contributed by atoms with van der Waals surface area (Å²) in [6, 6.07) is 9.23. The van der Waals surface area contributed by atoms with Crippen molar-refractivity contribution in [2.45, 2.75) is 9.79 Å². The van der Waals surface area contributed by atoms with Gasteiger partial charge in [-0.05, 0) is 47.3 Å². The molecule has 1 heterocycles. The number of carboxylic acids is 1. The second-order valence-corrected chi connectivity index (χ2v) is 10.1. The molecule has 0 spiro atoms. The molecule has 0 fully saturated rings. The lowest BCUT2D eigenvalue weighted by molar-refractivity contribution is -0.432. The van der Waals surface area contributed by atoms with E-state index in [1.54, 1.807) is 6.07 Å². The molecule has 0 aliphatic rings. The van der Waals surface area contributed by atoms with Crippen LogP contribution in [-0.4, -0.2) is 56.4 Å². The van der Waals surface area contributed by atoms with E-state index in [9.17, 15) is 28.0 Å². The summed E-state index contributed by atoms with van der Waals surface area (Å²) >= 11 is 6.33. The molecule has 17 nitrogen and oxygen atoms in total. The number of carboxylic acid groups (broad SMARTS) is 1. The number of azo groups is 1. The Balaban J connectivity index is 1.91. The van der Waals surface area contributed by atoms with Crippen molar-refractivity contribution in [1.82, 2.24) is 15.0 Å². The molecule has 0 unspecified atom stereocenters. The number of benzene rings is 3. The summed E-state index contributed by atoms with van der Waals surface area (Å²) in [6.45, 7) is 0. The van der Waals surface area contributed by atoms with E-state index in [1.165, 1.54) is 31.3 Å². The molecule has 0 saturated heterocycles. The summed E-state index contributed by atoms with van der Waals surface area (Å²) in [5, 5.41) is 42.8. The molecule has 4 rings (SSSR count). The van der Waals surface area contributed by atoms with Crippen LogP contribution in [0.15, 0.2) is 62.5 Å². The van der Waals surface area contributed by atoms with Crippen LogP contribution in [-0.2, 0) is 19.5 Å². The predicted molar refractivity (Wildman–Crippen MR) is 145 cm³/mol. The largest absolute Gasteiger partial charge is 0.505 e. The van der Waals surface area contributed by atoms with Gasteiger partial charge in [0, 0.05) is 12.4 Å². The number of hydrazine groups is 1. The third-order valence-electron chi connectivity index (χ3n) is 5.11. The Labute approximate surface area is 239 Å². The standard InChI is InChI=1S/C21H17ClN8O9S2/c1-23-30-21-26-19(22)25-20(27-21)24-13-8-10(41(35,36)37)6-9-7-14(40-39-38-34)16(17(31)15(9)13)29-28-12-5-3-2-4-11(12)18(32)33/h2-8,28-29,31,34H,1H3,(H,32,33)(H,35,36,37)(H,24,25,26,27). The highest BCUT2D eigenvalue weighted by molar-refractivity contribution is 7.94. The highest BCUT2D eigenvalue weighted by Crippen LogP contribution is 2.45. The first-order valence-corrected chi connectivity index (χ1v) is 13.4. The van der Waals surface area contributed by atoms with E-state index in [-0.39, 0.29) is 55.5 Å². The summed E-state index contributed by atoms with van der Waals surface area (Å²) in [5.41, 5.74) is 5.12. The summed E-state index contributed by atoms with van der Waals surface area (Å²) in [4.78, 5) is 22.7. The number of hydrogen-bond acceptors (Lipinski definition) is 16. The van der Waals surface area contributed by atoms with Gasteiger partial charge < -0.3 is 15.5 Å². The Morgan fingerprint density at radius 2 is 1.85 bits per heavy atom. The van der Waals surface area contributed by atoms with Gasteiger partial charge in [0.25, 0.3) is 16.1 Å². The number of para-hydroxylation sites is 1. The van der Waals surface area contributed by atoms with Crippen molar-refractivity contribution < 1.29 is 42.6 Å². The second kappa shape index (κ2) is 12.4. The van der Waals surface area contributed by atoms with E-state index in [2.05, 4.69) is 50.7 Å². The van der Waals surface area contributed by atoms with Crippen LogP contribution in [0.1, 0.15) is 10.4 Å². The predicted octanol–water partition coefficient (Wildman–Crippen LogP) is 4.65. The van der Waals surface area contributed by atoms with E-state index in [0.717, 1.165) is 12.1 Å². The highest BCUT2D eigenvalue weighted by Gasteiger charge is 2.22. The molecule has 0 bridgehead atoms. The molecule has 0 amide bonds. The number of aromatic carboxylic acids is 1. The molecule has 0 atom stereocenters. The Bertz CT molecular complexity index is 1780. The summed E-state index contributed by atoms with van der Waals surface area (Å²) in [6.07, 6.45) is 0. The summed E-state index contributed by atoms with van der Waals surface area (Å²) in [7, 11) is -3.40. The number of carbonyl (C=O) groups is 1. The van der Waals surface area contributed by atoms with Crippen LogP contribution >= 0.6 is 23.6 Å². The minimum Gasteiger partial charge on any atom is -0.505 e. The van der Waals surface area contributed by atoms with Gasteiger partial charge in [0.2, 0.25) is 11.2 Å². The fourth-order valence-electron chi connectivity index (χ4n) is 3.51. The minimum atomic E-state index is -4.77. The monoisotopic (exact) mass is 624 g/mol. The minimum absolute atomic E-state index is 0.0108. The third kappa shape index (κ3) is 6.86. The molecule has 0 aliphatic carbocycles. The molecule has 20 heteroatoms. The lowest BCUT2D eigenvalue weighted by Crippen LogP contribution is -2.13. The fourth-order valence-corrected chi connectivity index (χ4v) is 4.72. The maximum absolute atomic E-state index is 12.1. The highest BCUT2D eigenvalue weighted by atomic mass is 35.5. The number of aromatic hydroxyl groups is 1. The lowest BCUT2D eigenvalue weighted by atomic mass is 10.1. The van der Waals surface area contributed by atoms with Crippen LogP contribution in [0, 0.1) is 0 Å². The average Bonchev–Trinajstić information content (AvgIpc) is 2.90. The smallest absolute Gasteiger partial charge is 0.337 e. The van der Waals surface area contributed by atoms with Gasteiger partial charge in [-0.15, -0.1) is 9.45 Å². The molecule has 0 radical (unpaired) electrons. The number of nitrogens with zero attached hydrogens (tertiary/aromatic N) is 5. The topological polar surface area (TPSA) is 250 Å². The number of rotatable bonds is 11. The van der Waals surface area contributed by atoms with Crippen LogP contribution in [0.25, 0.3) is 10.8 Å². The molecular formula is C21H17ClN8O9S2. The van der Waals surface area contributed by atoms with E-state index in [0.29, 0.717) is 12.0 Å². The van der Waals surface area contributed by atoms with Crippen molar-refractivity contribution >= 4 is 79.5 Å². The average molecular weight is 625 g/mol. The molecule has 41 heavy (non-hydrogen) atoms. The number of aromatic nitrogens is 3. The molecule has 1 aromatic heterocycles. The summed E-state index contributed by atoms with van der Waals surface area (Å²) in [5.74, 6) is -2.17. The number of phenolic OH excluding ortho intramolecular Hbond substituents is 1. The third-order valence-corrected chi connectivity index (χ3v) is 6.74. The Kier molecular flexibility index (Phi) is 8.98. The van der Waals surface area contributed by atoms with Gasteiger partial charge in [-0.2, -0.15) is 28.5 Å². The normalized spacial score (nSPS) is 11.6. The summed E-state index contributed by atoms with van der Waals surface area (Å²) < 4.78 is 38.4. The van der Waals surface area contributed by atoms with Crippen LogP contribution in [0.5, 0.6) is 5.75 Å². The number of fused-ring (bicyclic) bond motifs is 1. The van der Waals surface area contributed by atoms with Gasteiger partial charge in [-0.25, -0.2) is 10.1 Å². The van der Waals surface area contributed by atoms with Gasteiger partial charge in [-0.3, -0.25) is 15.4 Å². The first kappa shape index (κ1) is 29.6. The van der Waals surface area contributed by atoms with Crippen molar-refractivity contribution in [3.8, 4) is 5.75 Å². The molecule has 4 aromatic rings. The van der Waals surface area contributed by atoms with Crippen molar-refractivity contribution in [3.63, 3.8) is 0 Å². The maximum atomic E-state index is 12.1. The zero-order valence-corrected chi connectivity index (χ0v) is 22.7. The Morgan fingerprint density at radius 3 is 2.54 bits per heavy atom. The van der Waals surface area contributed by atoms with Crippen molar-refractivity contribution in [1.29, 1.82) is 0 Å². The van der Waals surface area contributed by atoms with Crippen molar-refractivity contribution in [2.75, 3.05) is 23.2 Å². The van der Waals surface area contributed by atoms with Crippen LogP contribution < -0.4 is 16.2 Å². The van der Waals surface area contributed by atoms with Gasteiger partial charge in [0.05, 0.1) is 38.8 Å². The van der Waals surface area contributed by atoms with Crippen molar-refractivity contribution in [3.05, 3.63) is 53.3 Å². The van der Waals surface area contributed by atoms with E-state index >= 15 is 0 Å². The number of nitrogens with one attached hydrogen (secondary N) is 3. The molecule has 0 saturated carbocycles. The zero-order valence-electron chi connectivity index (χ0n) is 20.3. The molecular weight excluding hydrogens is 608 g/mol. The van der Waals surface area contributed by atoms with E-state index in [4.69, 9.17) is 16.9 Å². The number of anilines is 4. The lowest BCUT2D eigenvalue weighted by Gasteiger charge is -2.19. The number of phenols is 1. The number of halogens is 1. The SMILES string of the molecule is CN=Nc1nc(Cl)nc(Nc2cc(S(=O)(=O)O)cc3cc(SOOO)c(NNc4ccccc4C(=O)O)c(O)c23)n1. The number of hydrogen-bond donors (Lipinski definition) is 7. The second-order valence-electron chi connectivity index (χ2n) is 7.62. The first-order valence-electron chi connectivity index (χ1n) is 10.8. The van der Waals surface area contributed by atoms with Crippen LogP contribution in [0.2, 0.25) is 5.28 Å². The molecule has 214 valence electrons. The van der Waals surface area contributed by atoms with Gasteiger partial charge in [-0.1, -0.05) is 17.2 Å². The van der Waals surface area contributed by atoms with E-state index in [1.807, 2.05) is 0 Å². The van der Waals surface area contributed by atoms with Gasteiger partial charge in [0.1, 0.15) is 5.69 Å². The quantitative estimate of drug-likeness (QED) is 0.0299. The van der Waals surface area contributed by atoms with Crippen LogP contribution in [0.3, 0.4) is 0 Å². The molecule has 7 N–H and O–H groups in total. The first-order chi connectivity index (χ1) is 19.5. The van der Waals surface area contributed by atoms with Gasteiger partial charge in [0.15, 0.2) is 5.75 Å². The van der Waals surface area contributed by atoms with Gasteiger partial charge >= 0.3 is 5.97 Å².